The van der Waals surface area contributed by atoms with Gasteiger partial charge in [-0.1, -0.05) is 0 Å². The summed E-state index contributed by atoms with van der Waals surface area (Å²) in [6, 6.07) is 0. The Hall–Kier alpha value is 5.08. The Balaban J connectivity index is 0. The quantitative estimate of drug-likeness (QED) is 0.404. The van der Waals surface area contributed by atoms with Crippen molar-refractivity contribution in [3.8, 4) is 0 Å². The van der Waals surface area contributed by atoms with E-state index in [-0.39, 0.29) is 155 Å². The molecule has 0 unspecified atom stereocenters. The standard InChI is InChI=1S/Ba.Ca.Mg.Sr.8H. The SMILES string of the molecule is [BaH2].[CaH2].[MgH2].[SrH2]. The second-order valence-corrected chi connectivity index (χ2v) is 0. The van der Waals surface area contributed by atoms with Gasteiger partial charge < -0.3 is 0 Å². The van der Waals surface area contributed by atoms with Crippen molar-refractivity contribution in [1.29, 1.82) is 0 Å². The summed E-state index contributed by atoms with van der Waals surface area (Å²) in [6.45, 7) is 0. The van der Waals surface area contributed by atoms with Crippen LogP contribution in [0.3, 0.4) is 0 Å². The first kappa shape index (κ1) is 23.0. The maximum atomic E-state index is 0. The molecule has 0 nitrogen and oxygen atoms in total. The van der Waals surface area contributed by atoms with Gasteiger partial charge in [-0.25, -0.2) is 0 Å². The third kappa shape index (κ3) is 10.1. The molecule has 0 heterocycles. The van der Waals surface area contributed by atoms with E-state index in [4.69, 9.17) is 0 Å². The molecule has 0 amide bonds. The summed E-state index contributed by atoms with van der Waals surface area (Å²) in [6.07, 6.45) is 0. The zero-order valence-corrected chi connectivity index (χ0v) is 0. The van der Waals surface area contributed by atoms with Crippen molar-refractivity contribution >= 4 is 155 Å². The summed E-state index contributed by atoms with van der Waals surface area (Å²) in [7, 11) is 0. The molecule has 4 heavy (non-hydrogen) atoms. The van der Waals surface area contributed by atoms with E-state index in [1.54, 1.807) is 0 Å². The van der Waals surface area contributed by atoms with Crippen LogP contribution in [0.4, 0.5) is 0 Å². The monoisotopic (exact) mass is 298 g/mol. The van der Waals surface area contributed by atoms with Gasteiger partial charge in [0.1, 0.15) is 0 Å². The molecule has 0 spiro atoms. The summed E-state index contributed by atoms with van der Waals surface area (Å²) >= 11 is 0. The molecule has 0 rings (SSSR count). The van der Waals surface area contributed by atoms with Crippen LogP contribution in [0.25, 0.3) is 0 Å². The first-order valence-corrected chi connectivity index (χ1v) is 0. The molecule has 0 radical (unpaired) electrons. The van der Waals surface area contributed by atoms with Gasteiger partial charge in [-0.15, -0.1) is 0 Å². The molecule has 0 saturated carbocycles. The Morgan fingerprint density at radius 3 is 1.00 bits per heavy atom. The third-order valence-electron chi connectivity index (χ3n) is 0. The van der Waals surface area contributed by atoms with Gasteiger partial charge in [0.25, 0.3) is 0 Å². The van der Waals surface area contributed by atoms with Crippen LogP contribution in [0.5, 0.6) is 0 Å². The van der Waals surface area contributed by atoms with E-state index in [0.717, 1.165) is 0 Å². The van der Waals surface area contributed by atoms with Gasteiger partial charge in [-0.05, 0) is 0 Å². The van der Waals surface area contributed by atoms with Crippen molar-refractivity contribution in [2.24, 2.45) is 0 Å². The fraction of sp³-hybridized carbons (Fsp3) is 0. The van der Waals surface area contributed by atoms with E-state index in [1.807, 2.05) is 0 Å². The minimum absolute atomic E-state index is 0. The Kier molecular flexibility index (Phi) is 90.1. The molecule has 0 aliphatic rings. The number of hydrogen-bond donors (Lipinski definition) is 0. The van der Waals surface area contributed by atoms with E-state index in [2.05, 4.69) is 0 Å². The average Bonchev–Trinajstić information content (AvgIpc) is 0. The molecule has 0 bridgehead atoms. The van der Waals surface area contributed by atoms with Gasteiger partial charge in [0, 0.05) is 0 Å². The molecule has 0 aliphatic heterocycles. The summed E-state index contributed by atoms with van der Waals surface area (Å²) < 4.78 is 0. The average molecular weight is 297 g/mol. The fourth-order valence-corrected chi connectivity index (χ4v) is 0. The van der Waals surface area contributed by atoms with Crippen molar-refractivity contribution < 1.29 is 0 Å². The van der Waals surface area contributed by atoms with Crippen molar-refractivity contribution in [3.05, 3.63) is 0 Å². The van der Waals surface area contributed by atoms with Crippen LogP contribution in [0.2, 0.25) is 0 Å². The van der Waals surface area contributed by atoms with E-state index >= 15 is 0 Å². The van der Waals surface area contributed by atoms with Gasteiger partial charge in [0.15, 0.2) is 0 Å². The number of hydrogen-bond acceptors (Lipinski definition) is 0. The molecule has 0 aliphatic carbocycles. The maximum absolute atomic E-state index is 0. The molecule has 0 atom stereocenters. The van der Waals surface area contributed by atoms with Gasteiger partial charge in [-0.3, -0.25) is 0 Å². The summed E-state index contributed by atoms with van der Waals surface area (Å²) in [5, 5.41) is 0. The van der Waals surface area contributed by atoms with Crippen LogP contribution >= 0.6 is 0 Å². The number of rotatable bonds is 0. The molecule has 0 saturated heterocycles. The first-order chi connectivity index (χ1) is 0. The van der Waals surface area contributed by atoms with Gasteiger partial charge >= 0.3 is 155 Å². The summed E-state index contributed by atoms with van der Waals surface area (Å²) in [5.74, 6) is 0. The molecule has 0 aromatic heterocycles. The first-order valence-electron chi connectivity index (χ1n) is 0. The fourth-order valence-electron chi connectivity index (χ4n) is 0. The van der Waals surface area contributed by atoms with E-state index in [1.165, 1.54) is 0 Å². The van der Waals surface area contributed by atoms with Crippen LogP contribution in [0.1, 0.15) is 0 Å². The molecule has 0 N–H and O–H groups in total. The van der Waals surface area contributed by atoms with Crippen LogP contribution in [0, 0.1) is 0 Å². The Bertz CT molecular complexity index is 8.00. The molecule has 16 valence electrons. The van der Waals surface area contributed by atoms with Crippen LogP contribution in [0.15, 0.2) is 0 Å². The second-order valence-electron chi connectivity index (χ2n) is 0. The van der Waals surface area contributed by atoms with Crippen LogP contribution in [-0.4, -0.2) is 155 Å². The zero-order chi connectivity index (χ0) is 0. The van der Waals surface area contributed by atoms with Crippen molar-refractivity contribution in [1.82, 2.24) is 0 Å². The summed E-state index contributed by atoms with van der Waals surface area (Å²) in [4.78, 5) is 0. The molecule has 4 heteroatoms. The topological polar surface area (TPSA) is 0 Å². The van der Waals surface area contributed by atoms with Crippen molar-refractivity contribution in [2.75, 3.05) is 0 Å². The Morgan fingerprint density at radius 2 is 1.00 bits per heavy atom. The zero-order valence-electron chi connectivity index (χ0n) is 0. The van der Waals surface area contributed by atoms with Crippen molar-refractivity contribution in [3.63, 3.8) is 0 Å². The molecule has 0 fully saturated rings. The molecular formula is H8BaCaMgSr. The Labute approximate surface area is 150 Å². The normalized spacial score (nSPS) is 0. The van der Waals surface area contributed by atoms with Crippen molar-refractivity contribution in [2.45, 2.75) is 0 Å². The minimum atomic E-state index is 0. The second kappa shape index (κ2) is 15.7. The summed E-state index contributed by atoms with van der Waals surface area (Å²) in [5.41, 5.74) is 0. The molecule has 0 aromatic rings. The van der Waals surface area contributed by atoms with Crippen LogP contribution < -0.4 is 0 Å². The van der Waals surface area contributed by atoms with E-state index < -0.39 is 0 Å². The predicted molar refractivity (Wildman–Crippen MR) is 34.2 cm³/mol. The van der Waals surface area contributed by atoms with E-state index in [9.17, 15) is 0 Å². The van der Waals surface area contributed by atoms with Gasteiger partial charge in [-0.2, -0.15) is 0 Å². The van der Waals surface area contributed by atoms with Gasteiger partial charge in [0.05, 0.1) is 0 Å². The van der Waals surface area contributed by atoms with Crippen LogP contribution in [-0.2, 0) is 0 Å². The predicted octanol–water partition coefficient (Wildman–Crippen LogP) is -3.66. The third-order valence-corrected chi connectivity index (χ3v) is 0. The Morgan fingerprint density at radius 1 is 1.00 bits per heavy atom. The van der Waals surface area contributed by atoms with Gasteiger partial charge in [0.2, 0.25) is 0 Å². The molecular weight excluding hydrogens is 289 g/mol. The van der Waals surface area contributed by atoms with E-state index in [0.29, 0.717) is 0 Å². The molecule has 0 aromatic carbocycles.